The number of rotatable bonds is 9. The van der Waals surface area contributed by atoms with E-state index in [-0.39, 0.29) is 8.02 Å². The van der Waals surface area contributed by atoms with E-state index in [9.17, 15) is 49.9 Å². The van der Waals surface area contributed by atoms with Gasteiger partial charge in [-0.05, 0) is 79.8 Å². The summed E-state index contributed by atoms with van der Waals surface area (Å²) in [6.07, 6.45) is 0. The highest BCUT2D eigenvalue weighted by Crippen LogP contribution is 2.33. The van der Waals surface area contributed by atoms with Gasteiger partial charge in [0.15, 0.2) is 0 Å². The van der Waals surface area contributed by atoms with Crippen LogP contribution in [0.25, 0.3) is 0 Å². The molecule has 4 rings (SSSR count). The van der Waals surface area contributed by atoms with Gasteiger partial charge in [0.25, 0.3) is 41.4 Å². The second-order valence-electron chi connectivity index (χ2n) is 9.05. The molecule has 0 fully saturated rings. The van der Waals surface area contributed by atoms with E-state index >= 15 is 0 Å². The van der Waals surface area contributed by atoms with Crippen LogP contribution in [0.4, 0.5) is 21.5 Å². The first-order chi connectivity index (χ1) is 21.0. The summed E-state index contributed by atoms with van der Waals surface area (Å²) in [5.74, 6) is -0.833. The predicted molar refractivity (Wildman–Crippen MR) is 162 cm³/mol. The number of halogens is 1. The first-order valence-electron chi connectivity index (χ1n) is 12.2. The van der Waals surface area contributed by atoms with E-state index in [1.165, 1.54) is 12.1 Å². The molecule has 45 heavy (non-hydrogen) atoms. The van der Waals surface area contributed by atoms with Crippen molar-refractivity contribution in [3.8, 4) is 0 Å². The maximum atomic E-state index is 14.0. The highest BCUT2D eigenvalue weighted by molar-refractivity contribution is 8.06. The number of thiocarbonyl (C=S) groups is 1. The fourth-order valence-electron chi connectivity index (χ4n) is 3.82. The third-order valence-electron chi connectivity index (χ3n) is 6.08. The van der Waals surface area contributed by atoms with Crippen LogP contribution >= 0.6 is 12.2 Å². The lowest BCUT2D eigenvalue weighted by atomic mass is 10.2. The Morgan fingerprint density at radius 1 is 0.622 bits per heavy atom. The molecule has 0 saturated heterocycles. The lowest BCUT2D eigenvalue weighted by Gasteiger charge is -2.31. The molecule has 0 aliphatic carbocycles. The topological polar surface area (TPSA) is 195 Å². The number of hydrogen-bond acceptors (Lipinski definition) is 11. The second-order valence-corrected chi connectivity index (χ2v) is 15.0. The minimum Gasteiger partial charge on any atom is -0.258 e. The lowest BCUT2D eigenvalue weighted by molar-refractivity contribution is -0.385. The van der Waals surface area contributed by atoms with Gasteiger partial charge in [-0.3, -0.25) is 20.2 Å². The number of anilines is 1. The molecule has 14 nitrogen and oxygen atoms in total. The number of benzene rings is 4. The minimum atomic E-state index is -5.37. The average molecular weight is 695 g/mol. The third kappa shape index (κ3) is 6.50. The van der Waals surface area contributed by atoms with E-state index in [1.54, 1.807) is 6.92 Å². The molecule has 0 aliphatic heterocycles. The Morgan fingerprint density at radius 3 is 1.36 bits per heavy atom. The van der Waals surface area contributed by atoms with Gasteiger partial charge in [0.2, 0.25) is 5.11 Å². The van der Waals surface area contributed by atoms with Crippen LogP contribution in [-0.2, 0) is 30.1 Å². The highest BCUT2D eigenvalue weighted by atomic mass is 32.3. The van der Waals surface area contributed by atoms with Gasteiger partial charge in [0.05, 0.1) is 30.2 Å². The lowest BCUT2D eigenvalue weighted by Crippen LogP contribution is -2.51. The SMILES string of the molecule is Cc1ccc(S(=O)(=O)N(C(=S)N(c2ccc(F)cc2)S(=O)(=O)c2ccc([N+](=O)[O-])cc2)S(=O)(=O)c2ccc([N+](=O)[O-])cc2)cc1. The molecule has 0 radical (unpaired) electrons. The van der Waals surface area contributed by atoms with Crippen LogP contribution in [0.15, 0.2) is 112 Å². The molecule has 0 N–H and O–H groups in total. The van der Waals surface area contributed by atoms with Crippen molar-refractivity contribution in [3.05, 3.63) is 129 Å². The zero-order valence-electron chi connectivity index (χ0n) is 22.6. The van der Waals surface area contributed by atoms with Gasteiger partial charge in [0.1, 0.15) is 5.82 Å². The summed E-state index contributed by atoms with van der Waals surface area (Å²) in [6.45, 7) is 1.62. The molecule has 0 bridgehead atoms. The quantitative estimate of drug-likeness (QED) is 0.136. The molecule has 0 unspecified atom stereocenters. The molecule has 234 valence electrons. The molecule has 19 heteroatoms. The van der Waals surface area contributed by atoms with Crippen LogP contribution < -0.4 is 4.31 Å². The highest BCUT2D eigenvalue weighted by Gasteiger charge is 2.44. The van der Waals surface area contributed by atoms with Crippen molar-refractivity contribution in [2.75, 3.05) is 4.31 Å². The van der Waals surface area contributed by atoms with Crippen molar-refractivity contribution in [2.24, 2.45) is 0 Å². The van der Waals surface area contributed by atoms with E-state index in [0.29, 0.717) is 5.56 Å². The number of sulfonamides is 3. The number of hydrogen-bond donors (Lipinski definition) is 0. The largest absolute Gasteiger partial charge is 0.279 e. The van der Waals surface area contributed by atoms with Gasteiger partial charge in [-0.1, -0.05) is 17.7 Å². The number of nitrogens with zero attached hydrogens (tertiary/aromatic N) is 4. The monoisotopic (exact) mass is 694 g/mol. The van der Waals surface area contributed by atoms with Crippen molar-refractivity contribution < 1.29 is 39.5 Å². The normalized spacial score (nSPS) is 11.9. The Kier molecular flexibility index (Phi) is 9.01. The first-order valence-corrected chi connectivity index (χ1v) is 16.9. The van der Waals surface area contributed by atoms with Crippen LogP contribution in [-0.4, -0.2) is 43.9 Å². The number of nitro benzene ring substituents is 2. The van der Waals surface area contributed by atoms with Crippen LogP contribution in [0, 0.1) is 33.0 Å². The average Bonchev–Trinajstić information content (AvgIpc) is 2.98. The molecule has 4 aromatic rings. The number of nitro groups is 2. The Labute approximate surface area is 261 Å². The molecule has 0 saturated carbocycles. The zero-order valence-corrected chi connectivity index (χ0v) is 25.9. The summed E-state index contributed by atoms with van der Waals surface area (Å²) in [5.41, 5.74) is -0.926. The van der Waals surface area contributed by atoms with Crippen molar-refractivity contribution in [2.45, 2.75) is 21.6 Å². The van der Waals surface area contributed by atoms with Crippen molar-refractivity contribution in [1.82, 2.24) is 3.71 Å². The number of non-ortho nitro benzene ring substituents is 2. The summed E-state index contributed by atoms with van der Waals surface area (Å²) in [5, 5.41) is 20.9. The first kappa shape index (κ1) is 33.1. The fraction of sp³-hybridized carbons (Fsp3) is 0.0385. The Hall–Kier alpha value is -4.85. The Bertz CT molecular complexity index is 2130. The van der Waals surface area contributed by atoms with Crippen LogP contribution in [0.2, 0.25) is 0 Å². The Balaban J connectivity index is 2.01. The molecule has 0 spiro atoms. The molecule has 0 aliphatic rings. The fourth-order valence-corrected chi connectivity index (χ4v) is 9.76. The molecule has 4 aromatic carbocycles. The molecule has 0 atom stereocenters. The Morgan fingerprint density at radius 2 is 0.978 bits per heavy atom. The summed E-state index contributed by atoms with van der Waals surface area (Å²) in [4.78, 5) is 18.6. The molecular formula is C26H19FN4O10S4. The predicted octanol–water partition coefficient (Wildman–Crippen LogP) is 4.51. The third-order valence-corrected chi connectivity index (χ3v) is 12.7. The smallest absolute Gasteiger partial charge is 0.258 e. The standard InChI is InChI=1S/C26H19FN4O10S4/c1-18-2-12-24(13-3-18)44(38,39)31(45(40,41)25-16-10-22(11-17-25)30(34)35)26(42)28(20-6-4-19(27)5-7-20)43(36,37)23-14-8-21(9-15-23)29(32)33/h2-17H,1H3. The van der Waals surface area contributed by atoms with Crippen molar-refractivity contribution >= 4 is 64.5 Å². The van der Waals surface area contributed by atoms with E-state index < -0.39 is 82.6 Å². The maximum Gasteiger partial charge on any atom is 0.279 e. The minimum absolute atomic E-state index is 0.150. The van der Waals surface area contributed by atoms with Gasteiger partial charge >= 0.3 is 0 Å². The second kappa shape index (κ2) is 12.3. The molecule has 0 aromatic heterocycles. The van der Waals surface area contributed by atoms with E-state index in [0.717, 1.165) is 84.9 Å². The van der Waals surface area contributed by atoms with E-state index in [4.69, 9.17) is 12.2 Å². The van der Waals surface area contributed by atoms with Gasteiger partial charge in [0, 0.05) is 24.3 Å². The van der Waals surface area contributed by atoms with Crippen LogP contribution in [0.3, 0.4) is 0 Å². The van der Waals surface area contributed by atoms with Gasteiger partial charge in [-0.2, -0.15) is 16.8 Å². The number of aryl methyl sites for hydroxylation is 1. The van der Waals surface area contributed by atoms with Gasteiger partial charge in [-0.25, -0.2) is 17.1 Å². The van der Waals surface area contributed by atoms with Crippen molar-refractivity contribution in [3.63, 3.8) is 0 Å². The summed E-state index contributed by atoms with van der Waals surface area (Å²) in [7, 11) is -15.7. The van der Waals surface area contributed by atoms with E-state index in [2.05, 4.69) is 0 Å². The van der Waals surface area contributed by atoms with Crippen molar-refractivity contribution in [1.29, 1.82) is 0 Å². The summed E-state index contributed by atoms with van der Waals surface area (Å²) >= 11 is 5.32. The van der Waals surface area contributed by atoms with Crippen LogP contribution in [0.5, 0.6) is 0 Å². The van der Waals surface area contributed by atoms with Gasteiger partial charge < -0.3 is 0 Å². The molecular weight excluding hydrogens is 676 g/mol. The zero-order chi connectivity index (χ0) is 33.3. The molecule has 0 heterocycles. The maximum absolute atomic E-state index is 14.0. The summed E-state index contributed by atoms with van der Waals surface area (Å²) in [6, 6.07) is 14.6. The summed E-state index contributed by atoms with van der Waals surface area (Å²) < 4.78 is 97.9. The molecule has 0 amide bonds. The van der Waals surface area contributed by atoms with Gasteiger partial charge in [-0.15, -0.1) is 3.71 Å². The van der Waals surface area contributed by atoms with E-state index in [1.807, 2.05) is 0 Å². The van der Waals surface area contributed by atoms with Crippen LogP contribution in [0.1, 0.15) is 5.56 Å².